The van der Waals surface area contributed by atoms with Gasteiger partial charge in [-0.1, -0.05) is 6.07 Å². The molecule has 0 saturated carbocycles. The number of amides is 1. The summed E-state index contributed by atoms with van der Waals surface area (Å²) >= 11 is 3.04. The number of aromatic nitrogens is 3. The molecular formula is C14H14N4OS2. The van der Waals surface area contributed by atoms with Gasteiger partial charge in [0.15, 0.2) is 0 Å². The standard InChI is InChI=1S/C14H14N4OS2/c1-8-11(21-14(18-8)10-4-3-7-20-10)13(19)17-9(2)12-15-5-6-16-12/h3-7,9H,1-2H3,(H,15,16)(H,17,19). The third-order valence-electron chi connectivity index (χ3n) is 3.01. The molecule has 5 nitrogen and oxygen atoms in total. The number of nitrogens with one attached hydrogen (secondary N) is 2. The Morgan fingerprint density at radius 3 is 3.00 bits per heavy atom. The second-order valence-electron chi connectivity index (χ2n) is 4.58. The van der Waals surface area contributed by atoms with Crippen molar-refractivity contribution in [3.8, 4) is 9.88 Å². The molecular weight excluding hydrogens is 304 g/mol. The normalized spacial score (nSPS) is 12.3. The second kappa shape index (κ2) is 5.79. The van der Waals surface area contributed by atoms with Crippen LogP contribution in [0.2, 0.25) is 0 Å². The molecule has 0 aliphatic carbocycles. The molecule has 3 aromatic heterocycles. The highest BCUT2D eigenvalue weighted by Crippen LogP contribution is 2.31. The highest BCUT2D eigenvalue weighted by molar-refractivity contribution is 7.22. The third-order valence-corrected chi connectivity index (χ3v) is 5.21. The van der Waals surface area contributed by atoms with Crippen molar-refractivity contribution >= 4 is 28.6 Å². The van der Waals surface area contributed by atoms with Crippen molar-refractivity contribution in [2.45, 2.75) is 19.9 Å². The highest BCUT2D eigenvalue weighted by atomic mass is 32.1. The van der Waals surface area contributed by atoms with Gasteiger partial charge in [-0.15, -0.1) is 22.7 Å². The predicted molar refractivity (Wildman–Crippen MR) is 84.6 cm³/mol. The van der Waals surface area contributed by atoms with Gasteiger partial charge < -0.3 is 10.3 Å². The van der Waals surface area contributed by atoms with E-state index in [1.54, 1.807) is 23.7 Å². The molecule has 1 atom stereocenters. The van der Waals surface area contributed by atoms with Crippen molar-refractivity contribution < 1.29 is 4.79 Å². The number of imidazole rings is 1. The summed E-state index contributed by atoms with van der Waals surface area (Å²) in [6.07, 6.45) is 3.41. The summed E-state index contributed by atoms with van der Waals surface area (Å²) in [6.45, 7) is 3.76. The first kappa shape index (κ1) is 14.0. The Morgan fingerprint density at radius 1 is 1.48 bits per heavy atom. The van der Waals surface area contributed by atoms with E-state index in [0.29, 0.717) is 4.88 Å². The summed E-state index contributed by atoms with van der Waals surface area (Å²) in [7, 11) is 0. The number of thiophene rings is 1. The van der Waals surface area contributed by atoms with Crippen LogP contribution >= 0.6 is 22.7 Å². The first-order valence-corrected chi connectivity index (χ1v) is 8.16. The Kier molecular flexibility index (Phi) is 3.85. The van der Waals surface area contributed by atoms with Crippen molar-refractivity contribution in [1.29, 1.82) is 0 Å². The topological polar surface area (TPSA) is 70.7 Å². The van der Waals surface area contributed by atoms with Crippen molar-refractivity contribution in [2.24, 2.45) is 0 Å². The number of carbonyl (C=O) groups excluding carboxylic acids is 1. The zero-order chi connectivity index (χ0) is 14.8. The first-order chi connectivity index (χ1) is 10.1. The van der Waals surface area contributed by atoms with E-state index < -0.39 is 0 Å². The van der Waals surface area contributed by atoms with E-state index in [9.17, 15) is 4.79 Å². The van der Waals surface area contributed by atoms with E-state index in [1.807, 2.05) is 31.4 Å². The fourth-order valence-electron chi connectivity index (χ4n) is 1.96. The molecule has 108 valence electrons. The van der Waals surface area contributed by atoms with Crippen molar-refractivity contribution in [3.05, 3.63) is 46.3 Å². The van der Waals surface area contributed by atoms with Gasteiger partial charge in [0.05, 0.1) is 16.6 Å². The molecule has 0 fully saturated rings. The van der Waals surface area contributed by atoms with Crippen LogP contribution in [0.4, 0.5) is 0 Å². The second-order valence-corrected chi connectivity index (χ2v) is 6.53. The lowest BCUT2D eigenvalue weighted by Crippen LogP contribution is -2.27. The number of nitrogens with zero attached hydrogens (tertiary/aromatic N) is 2. The van der Waals surface area contributed by atoms with Gasteiger partial charge in [-0.3, -0.25) is 4.79 Å². The van der Waals surface area contributed by atoms with Gasteiger partial charge in [-0.25, -0.2) is 9.97 Å². The number of thiazole rings is 1. The smallest absolute Gasteiger partial charge is 0.263 e. The number of carbonyl (C=O) groups is 1. The van der Waals surface area contributed by atoms with Crippen LogP contribution in [0, 0.1) is 6.92 Å². The molecule has 3 heterocycles. The molecule has 0 aliphatic heterocycles. The average molecular weight is 318 g/mol. The van der Waals surface area contributed by atoms with Gasteiger partial charge in [0, 0.05) is 12.4 Å². The van der Waals surface area contributed by atoms with E-state index in [4.69, 9.17) is 0 Å². The van der Waals surface area contributed by atoms with Gasteiger partial charge >= 0.3 is 0 Å². The van der Waals surface area contributed by atoms with Gasteiger partial charge in [0.2, 0.25) is 0 Å². The van der Waals surface area contributed by atoms with Crippen LogP contribution in [0.3, 0.4) is 0 Å². The zero-order valence-corrected chi connectivity index (χ0v) is 13.2. The number of aryl methyl sites for hydroxylation is 1. The van der Waals surface area contributed by atoms with E-state index in [-0.39, 0.29) is 11.9 Å². The Labute approximate surface area is 130 Å². The van der Waals surface area contributed by atoms with Crippen LogP contribution in [0.1, 0.15) is 34.2 Å². The Bertz CT molecular complexity index is 731. The number of rotatable bonds is 4. The van der Waals surface area contributed by atoms with Crippen LogP contribution in [-0.4, -0.2) is 20.9 Å². The fraction of sp³-hybridized carbons (Fsp3) is 0.214. The molecule has 0 radical (unpaired) electrons. The molecule has 21 heavy (non-hydrogen) atoms. The number of aromatic amines is 1. The molecule has 3 rings (SSSR count). The molecule has 0 bridgehead atoms. The van der Waals surface area contributed by atoms with Gasteiger partial charge in [0.25, 0.3) is 5.91 Å². The Balaban J connectivity index is 1.79. The van der Waals surface area contributed by atoms with Crippen LogP contribution < -0.4 is 5.32 Å². The Hall–Kier alpha value is -1.99. The van der Waals surface area contributed by atoms with Crippen LogP contribution in [0.25, 0.3) is 9.88 Å². The monoisotopic (exact) mass is 318 g/mol. The molecule has 0 aliphatic rings. The molecule has 1 amide bonds. The minimum absolute atomic E-state index is 0.114. The largest absolute Gasteiger partial charge is 0.347 e. The average Bonchev–Trinajstić information content (AvgIpc) is 3.20. The maximum atomic E-state index is 12.4. The van der Waals surface area contributed by atoms with Crippen LogP contribution in [0.15, 0.2) is 29.9 Å². The molecule has 0 aromatic carbocycles. The quantitative estimate of drug-likeness (QED) is 0.774. The van der Waals surface area contributed by atoms with Crippen LogP contribution in [-0.2, 0) is 0 Å². The van der Waals surface area contributed by atoms with Crippen molar-refractivity contribution in [2.75, 3.05) is 0 Å². The van der Waals surface area contributed by atoms with Crippen LogP contribution in [0.5, 0.6) is 0 Å². The predicted octanol–water partition coefficient (Wildman–Crippen LogP) is 3.39. The fourth-order valence-corrected chi connectivity index (χ4v) is 3.72. The Morgan fingerprint density at radius 2 is 2.33 bits per heavy atom. The first-order valence-electron chi connectivity index (χ1n) is 6.46. The molecule has 3 aromatic rings. The van der Waals surface area contributed by atoms with Crippen molar-refractivity contribution in [1.82, 2.24) is 20.3 Å². The van der Waals surface area contributed by atoms with Gasteiger partial charge in [-0.2, -0.15) is 0 Å². The SMILES string of the molecule is Cc1nc(-c2cccs2)sc1C(=O)NC(C)c1ncc[nH]1. The zero-order valence-electron chi connectivity index (χ0n) is 11.6. The van der Waals surface area contributed by atoms with Gasteiger partial charge in [-0.05, 0) is 25.3 Å². The van der Waals surface area contributed by atoms with E-state index in [1.165, 1.54) is 11.3 Å². The summed E-state index contributed by atoms with van der Waals surface area (Å²) in [6, 6.07) is 3.82. The summed E-state index contributed by atoms with van der Waals surface area (Å²) in [5.74, 6) is 0.626. The van der Waals surface area contributed by atoms with E-state index in [0.717, 1.165) is 21.4 Å². The molecule has 0 saturated heterocycles. The summed E-state index contributed by atoms with van der Waals surface area (Å²) < 4.78 is 0. The molecule has 0 spiro atoms. The van der Waals surface area contributed by atoms with Crippen molar-refractivity contribution in [3.63, 3.8) is 0 Å². The lowest BCUT2D eigenvalue weighted by atomic mass is 10.3. The molecule has 7 heteroatoms. The summed E-state index contributed by atoms with van der Waals surface area (Å²) in [4.78, 5) is 25.7. The maximum Gasteiger partial charge on any atom is 0.263 e. The highest BCUT2D eigenvalue weighted by Gasteiger charge is 2.19. The van der Waals surface area contributed by atoms with Gasteiger partial charge in [0.1, 0.15) is 15.7 Å². The molecule has 1 unspecified atom stereocenters. The molecule has 2 N–H and O–H groups in total. The summed E-state index contributed by atoms with van der Waals surface area (Å²) in [5, 5.41) is 5.83. The minimum atomic E-state index is -0.167. The number of hydrogen-bond donors (Lipinski definition) is 2. The summed E-state index contributed by atoms with van der Waals surface area (Å²) in [5.41, 5.74) is 0.757. The number of hydrogen-bond acceptors (Lipinski definition) is 5. The number of H-pyrrole nitrogens is 1. The van der Waals surface area contributed by atoms with E-state index in [2.05, 4.69) is 20.3 Å². The lowest BCUT2D eigenvalue weighted by Gasteiger charge is -2.10. The third kappa shape index (κ3) is 2.88. The maximum absolute atomic E-state index is 12.4. The lowest BCUT2D eigenvalue weighted by molar-refractivity contribution is 0.0941. The minimum Gasteiger partial charge on any atom is -0.347 e. The van der Waals surface area contributed by atoms with E-state index >= 15 is 0 Å².